The number of aromatic carboxylic acids is 1. The predicted molar refractivity (Wildman–Crippen MR) is 104 cm³/mol. The molecule has 1 atom stereocenters. The lowest BCUT2D eigenvalue weighted by molar-refractivity contribution is 0.0589. The van der Waals surface area contributed by atoms with Crippen molar-refractivity contribution in [3.63, 3.8) is 0 Å². The Bertz CT molecular complexity index is 933. The highest BCUT2D eigenvalue weighted by molar-refractivity contribution is 5.91. The van der Waals surface area contributed by atoms with Gasteiger partial charge in [0.15, 0.2) is 0 Å². The molecule has 3 rings (SSSR count). The third kappa shape index (κ3) is 3.79. The first-order chi connectivity index (χ1) is 13.1. The summed E-state index contributed by atoms with van der Waals surface area (Å²) >= 11 is 0. The molecule has 0 amide bonds. The van der Waals surface area contributed by atoms with Gasteiger partial charge in [-0.15, -0.1) is 0 Å². The first-order valence-electron chi connectivity index (χ1n) is 9.01. The summed E-state index contributed by atoms with van der Waals surface area (Å²) in [6.45, 7) is 7.48. The predicted octanol–water partition coefficient (Wildman–Crippen LogP) is 1.57. The number of likely N-dealkylation sites (N-methyl/N-ethyl adjacent to an activating group) is 1. The Morgan fingerprint density at radius 3 is 2.71 bits per heavy atom. The minimum atomic E-state index is -1.15. The van der Waals surface area contributed by atoms with Crippen LogP contribution in [0.25, 0.3) is 0 Å². The molecule has 1 aromatic carbocycles. The number of carbonyl (C=O) groups is 1. The molecule has 1 aliphatic rings. The molecule has 0 saturated carbocycles. The van der Waals surface area contributed by atoms with Gasteiger partial charge in [-0.25, -0.2) is 4.79 Å². The molecule has 0 saturated heterocycles. The van der Waals surface area contributed by atoms with Crippen molar-refractivity contribution < 1.29 is 19.7 Å². The molecular weight excluding hydrogens is 362 g/mol. The van der Waals surface area contributed by atoms with Gasteiger partial charge in [-0.05, 0) is 37.6 Å². The average molecular weight is 387 g/mol. The quantitative estimate of drug-likeness (QED) is 0.579. The maximum absolute atomic E-state index is 11.4. The number of hydrogen-bond acceptors (Lipinski definition) is 8. The second-order valence-corrected chi connectivity index (χ2v) is 7.40. The zero-order valence-electron chi connectivity index (χ0n) is 16.2. The number of carboxylic acid groups (broad SMARTS) is 1. The average Bonchev–Trinajstić information content (AvgIpc) is 2.93. The molecule has 28 heavy (non-hydrogen) atoms. The highest BCUT2D eigenvalue weighted by Crippen LogP contribution is 2.37. The van der Waals surface area contributed by atoms with Gasteiger partial charge in [0, 0.05) is 19.5 Å². The molecule has 1 aliphatic heterocycles. The van der Waals surface area contributed by atoms with E-state index in [1.807, 2.05) is 13.8 Å². The van der Waals surface area contributed by atoms with Crippen LogP contribution in [0.2, 0.25) is 0 Å². The zero-order valence-corrected chi connectivity index (χ0v) is 16.2. The number of fused-ring (bicyclic) bond motifs is 1. The fourth-order valence-corrected chi connectivity index (χ4v) is 3.60. The molecule has 0 aliphatic carbocycles. The highest BCUT2D eigenvalue weighted by atomic mass is 16.5. The normalized spacial score (nSPS) is 18.1. The standard InChI is InChI=1S/C19H25N5O4/c1-4-24(8-11-5-10(2)14(25)12(6-11)17(26)27)9-19(3)7-13-15(20)22-18(21)23-16(13)28-19/h5-6,25H,4,7-9H2,1-3H3,(H,26,27)(H4,20,21,22,23)/t19-/m1/s1. The number of anilines is 2. The first kappa shape index (κ1) is 19.7. The number of carboxylic acids is 1. The van der Waals surface area contributed by atoms with Crippen LogP contribution in [0.3, 0.4) is 0 Å². The number of phenols is 1. The van der Waals surface area contributed by atoms with Crippen molar-refractivity contribution >= 4 is 17.7 Å². The molecular formula is C19H25N5O4. The fourth-order valence-electron chi connectivity index (χ4n) is 3.60. The summed E-state index contributed by atoms with van der Waals surface area (Å²) in [5.74, 6) is -0.536. The third-order valence-corrected chi connectivity index (χ3v) is 4.91. The lowest BCUT2D eigenvalue weighted by atomic mass is 9.98. The van der Waals surface area contributed by atoms with E-state index in [0.29, 0.717) is 36.8 Å². The molecule has 9 heteroatoms. The number of hydrogen-bond donors (Lipinski definition) is 4. The molecule has 2 aromatic rings. The van der Waals surface area contributed by atoms with Gasteiger partial charge >= 0.3 is 5.97 Å². The van der Waals surface area contributed by atoms with Crippen molar-refractivity contribution in [2.45, 2.75) is 39.3 Å². The minimum absolute atomic E-state index is 0.0774. The van der Waals surface area contributed by atoms with Crippen LogP contribution < -0.4 is 16.2 Å². The van der Waals surface area contributed by atoms with Gasteiger partial charge in [-0.3, -0.25) is 4.90 Å². The molecule has 9 nitrogen and oxygen atoms in total. The molecule has 0 radical (unpaired) electrons. The molecule has 2 heterocycles. The van der Waals surface area contributed by atoms with Crippen LogP contribution in [-0.4, -0.2) is 49.7 Å². The van der Waals surface area contributed by atoms with Crippen molar-refractivity contribution in [3.8, 4) is 11.6 Å². The molecule has 0 bridgehead atoms. The fraction of sp³-hybridized carbons (Fsp3) is 0.421. The molecule has 0 unspecified atom stereocenters. The Hall–Kier alpha value is -3.07. The maximum Gasteiger partial charge on any atom is 0.339 e. The van der Waals surface area contributed by atoms with E-state index in [1.54, 1.807) is 13.0 Å². The number of aromatic hydroxyl groups is 1. The van der Waals surface area contributed by atoms with Crippen LogP contribution in [0, 0.1) is 6.92 Å². The minimum Gasteiger partial charge on any atom is -0.507 e. The Morgan fingerprint density at radius 2 is 2.07 bits per heavy atom. The number of rotatable bonds is 6. The molecule has 150 valence electrons. The van der Waals surface area contributed by atoms with E-state index in [0.717, 1.165) is 17.7 Å². The summed E-state index contributed by atoms with van der Waals surface area (Å²) in [5, 5.41) is 19.3. The van der Waals surface area contributed by atoms with Crippen molar-refractivity contribution in [3.05, 3.63) is 34.4 Å². The Kier molecular flexibility index (Phi) is 5.03. The van der Waals surface area contributed by atoms with Crippen LogP contribution in [0.4, 0.5) is 11.8 Å². The molecule has 0 spiro atoms. The number of aromatic nitrogens is 2. The maximum atomic E-state index is 11.4. The van der Waals surface area contributed by atoms with Crippen molar-refractivity contribution in [2.75, 3.05) is 24.6 Å². The topological polar surface area (TPSA) is 148 Å². The highest BCUT2D eigenvalue weighted by Gasteiger charge is 2.39. The van der Waals surface area contributed by atoms with Crippen LogP contribution in [-0.2, 0) is 13.0 Å². The summed E-state index contributed by atoms with van der Waals surface area (Å²) in [6.07, 6.45) is 0.555. The van der Waals surface area contributed by atoms with Gasteiger partial charge < -0.3 is 26.4 Å². The number of ether oxygens (including phenoxy) is 1. The van der Waals surface area contributed by atoms with Gasteiger partial charge in [0.1, 0.15) is 22.7 Å². The van der Waals surface area contributed by atoms with Crippen LogP contribution >= 0.6 is 0 Å². The summed E-state index contributed by atoms with van der Waals surface area (Å²) < 4.78 is 6.04. The summed E-state index contributed by atoms with van der Waals surface area (Å²) in [4.78, 5) is 21.6. The van der Waals surface area contributed by atoms with E-state index in [2.05, 4.69) is 14.9 Å². The van der Waals surface area contributed by atoms with E-state index >= 15 is 0 Å². The van der Waals surface area contributed by atoms with E-state index in [4.69, 9.17) is 16.2 Å². The first-order valence-corrected chi connectivity index (χ1v) is 9.01. The van der Waals surface area contributed by atoms with Gasteiger partial charge in [0.2, 0.25) is 11.8 Å². The van der Waals surface area contributed by atoms with Gasteiger partial charge in [0.25, 0.3) is 0 Å². The summed E-state index contributed by atoms with van der Waals surface area (Å²) in [6, 6.07) is 3.30. The number of aryl methyl sites for hydroxylation is 1. The van der Waals surface area contributed by atoms with E-state index in [9.17, 15) is 15.0 Å². The van der Waals surface area contributed by atoms with Crippen LogP contribution in [0.1, 0.15) is 40.9 Å². The van der Waals surface area contributed by atoms with E-state index in [1.165, 1.54) is 6.07 Å². The molecule has 6 N–H and O–H groups in total. The summed E-state index contributed by atoms with van der Waals surface area (Å²) in [5.41, 5.74) is 13.0. The smallest absolute Gasteiger partial charge is 0.339 e. The monoisotopic (exact) mass is 387 g/mol. The van der Waals surface area contributed by atoms with Crippen LogP contribution in [0.15, 0.2) is 12.1 Å². The molecule has 1 aromatic heterocycles. The lowest BCUT2D eigenvalue weighted by Gasteiger charge is -2.31. The van der Waals surface area contributed by atoms with Gasteiger partial charge in [0.05, 0.1) is 5.56 Å². The van der Waals surface area contributed by atoms with Crippen molar-refractivity contribution in [2.24, 2.45) is 0 Å². The third-order valence-electron chi connectivity index (χ3n) is 4.91. The second kappa shape index (κ2) is 7.16. The Balaban J connectivity index is 1.79. The summed E-state index contributed by atoms with van der Waals surface area (Å²) in [7, 11) is 0. The lowest BCUT2D eigenvalue weighted by Crippen LogP contribution is -2.44. The number of nitrogens with zero attached hydrogens (tertiary/aromatic N) is 3. The van der Waals surface area contributed by atoms with Crippen molar-refractivity contribution in [1.82, 2.24) is 14.9 Å². The second-order valence-electron chi connectivity index (χ2n) is 7.40. The number of nitrogens with two attached hydrogens (primary N) is 2. The molecule has 0 fully saturated rings. The number of nitrogen functional groups attached to an aromatic ring is 2. The Morgan fingerprint density at radius 1 is 1.36 bits per heavy atom. The zero-order chi connectivity index (χ0) is 20.6. The van der Waals surface area contributed by atoms with Gasteiger partial charge in [-0.1, -0.05) is 13.0 Å². The van der Waals surface area contributed by atoms with Crippen molar-refractivity contribution in [1.29, 1.82) is 0 Å². The Labute approximate surface area is 163 Å². The van der Waals surface area contributed by atoms with E-state index < -0.39 is 11.6 Å². The van der Waals surface area contributed by atoms with Crippen LogP contribution in [0.5, 0.6) is 11.6 Å². The van der Waals surface area contributed by atoms with Gasteiger partial charge in [-0.2, -0.15) is 9.97 Å². The number of benzene rings is 1. The SMILES string of the molecule is CCN(Cc1cc(C)c(O)c(C(=O)O)c1)C[C@@]1(C)Cc2c(N)nc(N)nc2O1. The van der Waals surface area contributed by atoms with E-state index in [-0.39, 0.29) is 17.3 Å². The largest absolute Gasteiger partial charge is 0.507 e.